The van der Waals surface area contributed by atoms with Crippen LogP contribution in [0.5, 0.6) is 0 Å². The van der Waals surface area contributed by atoms with Gasteiger partial charge in [-0.05, 0) is 38.3 Å². The molecule has 34 heavy (non-hydrogen) atoms. The molecule has 0 saturated heterocycles. The van der Waals surface area contributed by atoms with Crippen molar-refractivity contribution in [3.8, 4) is 5.82 Å². The van der Waals surface area contributed by atoms with E-state index in [0.29, 0.717) is 23.8 Å². The molecular formula is C24H27F3N6O. The minimum absolute atomic E-state index is 0.114. The largest absolute Gasteiger partial charge is 0.394 e. The molecule has 0 bridgehead atoms. The third-order valence-corrected chi connectivity index (χ3v) is 6.34. The SMILES string of the molecule is Cc1cnc(C)c(-n2cc(C(=O)NCC3(c4cccnc4)CCCCC3)c(CC(F)(F)F)n2)n1. The summed E-state index contributed by atoms with van der Waals surface area (Å²) in [5.74, 6) is -0.292. The van der Waals surface area contributed by atoms with Gasteiger partial charge in [-0.3, -0.25) is 14.8 Å². The van der Waals surface area contributed by atoms with Crippen molar-refractivity contribution in [1.82, 2.24) is 30.0 Å². The van der Waals surface area contributed by atoms with Crippen molar-refractivity contribution in [2.45, 2.75) is 64.0 Å². The molecular weight excluding hydrogens is 445 g/mol. The van der Waals surface area contributed by atoms with Gasteiger partial charge in [0.25, 0.3) is 5.91 Å². The number of hydrogen-bond acceptors (Lipinski definition) is 5. The van der Waals surface area contributed by atoms with Gasteiger partial charge in [-0.25, -0.2) is 9.67 Å². The van der Waals surface area contributed by atoms with E-state index in [1.165, 1.54) is 10.9 Å². The molecule has 1 saturated carbocycles. The van der Waals surface area contributed by atoms with E-state index < -0.39 is 18.5 Å². The predicted molar refractivity (Wildman–Crippen MR) is 120 cm³/mol. The Morgan fingerprint density at radius 1 is 1.18 bits per heavy atom. The maximum Gasteiger partial charge on any atom is 0.394 e. The van der Waals surface area contributed by atoms with Gasteiger partial charge in [-0.2, -0.15) is 18.3 Å². The summed E-state index contributed by atoms with van der Waals surface area (Å²) in [5.41, 5.74) is 1.38. The van der Waals surface area contributed by atoms with Crippen molar-refractivity contribution in [1.29, 1.82) is 0 Å². The van der Waals surface area contributed by atoms with Crippen LogP contribution in [-0.4, -0.2) is 43.4 Å². The van der Waals surface area contributed by atoms with E-state index in [-0.39, 0.29) is 16.7 Å². The number of aromatic nitrogens is 5. The van der Waals surface area contributed by atoms with Gasteiger partial charge in [0, 0.05) is 36.7 Å². The number of nitrogens with one attached hydrogen (secondary N) is 1. The van der Waals surface area contributed by atoms with Crippen molar-refractivity contribution in [3.63, 3.8) is 0 Å². The Bertz CT molecular complexity index is 1150. The number of carbonyl (C=O) groups is 1. The third-order valence-electron chi connectivity index (χ3n) is 6.34. The molecule has 1 aliphatic carbocycles. The minimum Gasteiger partial charge on any atom is -0.351 e. The van der Waals surface area contributed by atoms with Crippen molar-refractivity contribution in [2.75, 3.05) is 6.54 Å². The molecule has 0 spiro atoms. The summed E-state index contributed by atoms with van der Waals surface area (Å²) < 4.78 is 41.1. The zero-order chi connectivity index (χ0) is 24.3. The van der Waals surface area contributed by atoms with Crippen LogP contribution in [0.1, 0.15) is 65.1 Å². The van der Waals surface area contributed by atoms with Crippen molar-refractivity contribution < 1.29 is 18.0 Å². The van der Waals surface area contributed by atoms with Crippen LogP contribution in [0.3, 0.4) is 0 Å². The second-order valence-corrected chi connectivity index (χ2v) is 8.91. The van der Waals surface area contributed by atoms with Gasteiger partial charge in [-0.1, -0.05) is 25.3 Å². The topological polar surface area (TPSA) is 85.6 Å². The average molecular weight is 473 g/mol. The maximum absolute atomic E-state index is 13.3. The van der Waals surface area contributed by atoms with Crippen LogP contribution in [0.15, 0.2) is 36.9 Å². The first kappa shape index (κ1) is 23.8. The Kier molecular flexibility index (Phi) is 6.67. The van der Waals surface area contributed by atoms with Crippen LogP contribution in [0.2, 0.25) is 0 Å². The zero-order valence-corrected chi connectivity index (χ0v) is 19.2. The Hall–Kier alpha value is -3.30. The van der Waals surface area contributed by atoms with E-state index in [2.05, 4.69) is 25.4 Å². The molecule has 7 nitrogen and oxygen atoms in total. The highest BCUT2D eigenvalue weighted by Crippen LogP contribution is 2.38. The van der Waals surface area contributed by atoms with Gasteiger partial charge >= 0.3 is 6.18 Å². The van der Waals surface area contributed by atoms with Gasteiger partial charge < -0.3 is 5.32 Å². The lowest BCUT2D eigenvalue weighted by Gasteiger charge is -2.37. The fourth-order valence-corrected chi connectivity index (χ4v) is 4.59. The van der Waals surface area contributed by atoms with Crippen LogP contribution < -0.4 is 5.32 Å². The number of aryl methyl sites for hydroxylation is 2. The molecule has 4 rings (SSSR count). The quantitative estimate of drug-likeness (QED) is 0.574. The van der Waals surface area contributed by atoms with Crippen LogP contribution >= 0.6 is 0 Å². The second-order valence-electron chi connectivity index (χ2n) is 8.91. The van der Waals surface area contributed by atoms with Crippen molar-refractivity contribution in [3.05, 3.63) is 65.1 Å². The molecule has 0 unspecified atom stereocenters. The molecule has 1 amide bonds. The number of rotatable bonds is 6. The van der Waals surface area contributed by atoms with Gasteiger partial charge in [0.15, 0.2) is 5.82 Å². The van der Waals surface area contributed by atoms with Crippen molar-refractivity contribution in [2.24, 2.45) is 0 Å². The Balaban J connectivity index is 1.64. The van der Waals surface area contributed by atoms with Gasteiger partial charge in [0.1, 0.15) is 0 Å². The van der Waals surface area contributed by atoms with Crippen LogP contribution in [0.4, 0.5) is 13.2 Å². The van der Waals surface area contributed by atoms with Gasteiger partial charge in [0.05, 0.1) is 29.1 Å². The molecule has 1 N–H and O–H groups in total. The first-order chi connectivity index (χ1) is 16.2. The van der Waals surface area contributed by atoms with E-state index in [9.17, 15) is 18.0 Å². The minimum atomic E-state index is -4.51. The Labute approximate surface area is 195 Å². The summed E-state index contributed by atoms with van der Waals surface area (Å²) in [6, 6.07) is 3.86. The first-order valence-corrected chi connectivity index (χ1v) is 11.3. The van der Waals surface area contributed by atoms with Gasteiger partial charge in [0.2, 0.25) is 0 Å². The summed E-state index contributed by atoms with van der Waals surface area (Å²) in [4.78, 5) is 26.0. The highest BCUT2D eigenvalue weighted by molar-refractivity contribution is 5.95. The summed E-state index contributed by atoms with van der Waals surface area (Å²) in [6.45, 7) is 3.73. The summed E-state index contributed by atoms with van der Waals surface area (Å²) in [5, 5.41) is 6.98. The van der Waals surface area contributed by atoms with Crippen molar-refractivity contribution >= 4 is 5.91 Å². The van der Waals surface area contributed by atoms with E-state index in [4.69, 9.17) is 0 Å². The highest BCUT2D eigenvalue weighted by Gasteiger charge is 2.36. The number of alkyl halides is 3. The molecule has 0 aliphatic heterocycles. The standard InChI is InChI=1S/C24H27F3N6O/c1-16-12-29-17(2)21(31-16)33-14-19(20(32-33)11-24(25,26)27)22(34)30-15-23(8-4-3-5-9-23)18-7-6-10-28-13-18/h6-7,10,12-14H,3-5,8-9,11,15H2,1-2H3,(H,30,34). The lowest BCUT2D eigenvalue weighted by atomic mass is 9.70. The molecule has 3 aromatic heterocycles. The molecule has 0 aromatic carbocycles. The fourth-order valence-electron chi connectivity index (χ4n) is 4.59. The lowest BCUT2D eigenvalue weighted by Crippen LogP contribution is -2.42. The number of pyridine rings is 1. The van der Waals surface area contributed by atoms with E-state index in [1.54, 1.807) is 26.2 Å². The fraction of sp³-hybridized carbons (Fsp3) is 0.458. The number of hydrogen-bond donors (Lipinski definition) is 1. The normalized spacial score (nSPS) is 15.8. The predicted octanol–water partition coefficient (Wildman–Crippen LogP) is 4.41. The van der Waals surface area contributed by atoms with Crippen LogP contribution in [0.25, 0.3) is 5.82 Å². The molecule has 0 radical (unpaired) electrons. The Morgan fingerprint density at radius 3 is 2.62 bits per heavy atom. The molecule has 10 heteroatoms. The highest BCUT2D eigenvalue weighted by atomic mass is 19.4. The van der Waals surface area contributed by atoms with Crippen LogP contribution in [0, 0.1) is 13.8 Å². The zero-order valence-electron chi connectivity index (χ0n) is 19.2. The summed E-state index contributed by atoms with van der Waals surface area (Å²) >= 11 is 0. The maximum atomic E-state index is 13.3. The van der Waals surface area contributed by atoms with E-state index in [0.717, 1.165) is 37.7 Å². The molecule has 3 heterocycles. The first-order valence-electron chi connectivity index (χ1n) is 11.3. The third kappa shape index (κ3) is 5.26. The molecule has 3 aromatic rings. The number of halogens is 3. The molecule has 180 valence electrons. The molecule has 0 atom stereocenters. The van der Waals surface area contributed by atoms with E-state index in [1.807, 2.05) is 18.3 Å². The number of amides is 1. The number of carbonyl (C=O) groups excluding carboxylic acids is 1. The summed E-state index contributed by atoms with van der Waals surface area (Å²) in [6.07, 6.45) is 5.49. The average Bonchev–Trinajstić information content (AvgIpc) is 3.22. The molecule has 1 fully saturated rings. The van der Waals surface area contributed by atoms with Gasteiger partial charge in [-0.15, -0.1) is 0 Å². The van der Waals surface area contributed by atoms with Crippen LogP contribution in [-0.2, 0) is 11.8 Å². The lowest BCUT2D eigenvalue weighted by molar-refractivity contribution is -0.127. The monoisotopic (exact) mass is 472 g/mol. The molecule has 1 aliphatic rings. The smallest absolute Gasteiger partial charge is 0.351 e. The Morgan fingerprint density at radius 2 is 1.94 bits per heavy atom. The second kappa shape index (κ2) is 9.52. The van der Waals surface area contributed by atoms with E-state index >= 15 is 0 Å². The summed E-state index contributed by atoms with van der Waals surface area (Å²) in [7, 11) is 0. The number of nitrogens with zero attached hydrogens (tertiary/aromatic N) is 5.